The molecule has 1 aliphatic heterocycles. The number of nitrogens with one attached hydrogen (secondary N) is 1. The molecular weight excluding hydrogens is 262 g/mol. The minimum absolute atomic E-state index is 0.00449. The van der Waals surface area contributed by atoms with Crippen molar-refractivity contribution in [3.63, 3.8) is 0 Å². The van der Waals surface area contributed by atoms with Crippen molar-refractivity contribution in [2.45, 2.75) is 27.7 Å². The van der Waals surface area contributed by atoms with Crippen molar-refractivity contribution in [3.8, 4) is 0 Å². The largest absolute Gasteiger partial charge is 0.369 e. The second-order valence-electron chi connectivity index (χ2n) is 4.83. The van der Waals surface area contributed by atoms with Crippen molar-refractivity contribution in [1.29, 1.82) is 0 Å². The molecule has 4 nitrogen and oxygen atoms in total. The molecule has 2 rings (SSSR count). The monoisotopic (exact) mass is 291 g/mol. The maximum atomic E-state index is 11.7. The van der Waals surface area contributed by atoms with E-state index in [1.807, 2.05) is 45.0 Å². The van der Waals surface area contributed by atoms with Crippen molar-refractivity contribution in [2.75, 3.05) is 44.2 Å². The molecule has 1 fully saturated rings. The molecule has 0 bridgehead atoms. The highest BCUT2D eigenvalue weighted by molar-refractivity contribution is 5.94. The summed E-state index contributed by atoms with van der Waals surface area (Å²) >= 11 is 0. The van der Waals surface area contributed by atoms with Crippen LogP contribution in [0.1, 0.15) is 38.1 Å². The zero-order chi connectivity index (χ0) is 15.7. The Morgan fingerprint density at radius 3 is 2.10 bits per heavy atom. The zero-order valence-corrected chi connectivity index (χ0v) is 13.9. The SMILES string of the molecule is CC.CCNC(=O)c1ccc(N2CCN(CC)CC2)cc1. The lowest BCUT2D eigenvalue weighted by Gasteiger charge is -2.35. The van der Waals surface area contributed by atoms with E-state index in [0.29, 0.717) is 6.54 Å². The Morgan fingerprint density at radius 2 is 1.62 bits per heavy atom. The first-order valence-corrected chi connectivity index (χ1v) is 8.10. The minimum atomic E-state index is 0.00449. The van der Waals surface area contributed by atoms with Gasteiger partial charge in [-0.2, -0.15) is 0 Å². The second-order valence-corrected chi connectivity index (χ2v) is 4.83. The van der Waals surface area contributed by atoms with Gasteiger partial charge >= 0.3 is 0 Å². The summed E-state index contributed by atoms with van der Waals surface area (Å²) in [6.07, 6.45) is 0. The van der Waals surface area contributed by atoms with E-state index in [4.69, 9.17) is 0 Å². The van der Waals surface area contributed by atoms with E-state index in [9.17, 15) is 4.79 Å². The van der Waals surface area contributed by atoms with Crippen LogP contribution in [0.2, 0.25) is 0 Å². The number of piperazine rings is 1. The van der Waals surface area contributed by atoms with Gasteiger partial charge in [0.2, 0.25) is 0 Å². The summed E-state index contributed by atoms with van der Waals surface area (Å²) in [6.45, 7) is 14.3. The summed E-state index contributed by atoms with van der Waals surface area (Å²) in [5.74, 6) is 0.00449. The maximum Gasteiger partial charge on any atom is 0.251 e. The lowest BCUT2D eigenvalue weighted by atomic mass is 10.1. The summed E-state index contributed by atoms with van der Waals surface area (Å²) in [5, 5.41) is 2.82. The molecule has 1 aliphatic rings. The number of hydrogen-bond acceptors (Lipinski definition) is 3. The smallest absolute Gasteiger partial charge is 0.251 e. The van der Waals surface area contributed by atoms with Crippen molar-refractivity contribution in [3.05, 3.63) is 29.8 Å². The molecule has 1 aromatic rings. The zero-order valence-electron chi connectivity index (χ0n) is 13.9. The number of likely N-dealkylation sites (N-methyl/N-ethyl adjacent to an activating group) is 1. The Balaban J connectivity index is 0.00000106. The predicted octanol–water partition coefficient (Wildman–Crippen LogP) is 2.60. The molecule has 1 saturated heterocycles. The van der Waals surface area contributed by atoms with Crippen molar-refractivity contribution >= 4 is 11.6 Å². The van der Waals surface area contributed by atoms with Gasteiger partial charge < -0.3 is 15.1 Å². The molecule has 4 heteroatoms. The van der Waals surface area contributed by atoms with E-state index < -0.39 is 0 Å². The molecule has 0 atom stereocenters. The topological polar surface area (TPSA) is 35.6 Å². The van der Waals surface area contributed by atoms with Gasteiger partial charge in [0, 0.05) is 44.0 Å². The number of anilines is 1. The average Bonchev–Trinajstić information content (AvgIpc) is 2.57. The van der Waals surface area contributed by atoms with Gasteiger partial charge in [-0.05, 0) is 37.7 Å². The molecule has 1 N–H and O–H groups in total. The van der Waals surface area contributed by atoms with Crippen LogP contribution in [0.25, 0.3) is 0 Å². The highest BCUT2D eigenvalue weighted by atomic mass is 16.1. The molecule has 0 aliphatic carbocycles. The summed E-state index contributed by atoms with van der Waals surface area (Å²) in [5.41, 5.74) is 1.95. The number of carbonyl (C=O) groups is 1. The summed E-state index contributed by atoms with van der Waals surface area (Å²) in [4.78, 5) is 16.5. The van der Waals surface area contributed by atoms with Gasteiger partial charge in [-0.25, -0.2) is 0 Å². The maximum absolute atomic E-state index is 11.7. The lowest BCUT2D eigenvalue weighted by Crippen LogP contribution is -2.46. The molecule has 0 radical (unpaired) electrons. The Hall–Kier alpha value is -1.55. The summed E-state index contributed by atoms with van der Waals surface area (Å²) in [7, 11) is 0. The highest BCUT2D eigenvalue weighted by Crippen LogP contribution is 2.17. The molecule has 0 spiro atoms. The first-order chi connectivity index (χ1) is 10.2. The molecule has 1 aromatic carbocycles. The third kappa shape index (κ3) is 5.05. The van der Waals surface area contributed by atoms with Gasteiger partial charge in [-0.15, -0.1) is 0 Å². The van der Waals surface area contributed by atoms with Crippen LogP contribution in [0.4, 0.5) is 5.69 Å². The highest BCUT2D eigenvalue weighted by Gasteiger charge is 2.15. The summed E-state index contributed by atoms with van der Waals surface area (Å²) in [6, 6.07) is 7.91. The van der Waals surface area contributed by atoms with Crippen LogP contribution in [0, 0.1) is 0 Å². The number of rotatable bonds is 4. The van der Waals surface area contributed by atoms with Crippen molar-refractivity contribution in [1.82, 2.24) is 10.2 Å². The van der Waals surface area contributed by atoms with Crippen LogP contribution in [-0.4, -0.2) is 50.1 Å². The van der Waals surface area contributed by atoms with Crippen LogP contribution < -0.4 is 10.2 Å². The first kappa shape index (κ1) is 17.5. The number of benzene rings is 1. The van der Waals surface area contributed by atoms with E-state index in [1.165, 1.54) is 5.69 Å². The minimum Gasteiger partial charge on any atom is -0.369 e. The molecule has 1 amide bonds. The second kappa shape index (κ2) is 9.40. The number of nitrogens with zero attached hydrogens (tertiary/aromatic N) is 2. The van der Waals surface area contributed by atoms with Gasteiger partial charge in [-0.1, -0.05) is 20.8 Å². The normalized spacial score (nSPS) is 15.1. The third-order valence-corrected chi connectivity index (χ3v) is 3.65. The quantitative estimate of drug-likeness (QED) is 0.926. The van der Waals surface area contributed by atoms with E-state index in [0.717, 1.165) is 38.3 Å². The Labute approximate surface area is 129 Å². The van der Waals surface area contributed by atoms with Crippen LogP contribution in [0.5, 0.6) is 0 Å². The van der Waals surface area contributed by atoms with Gasteiger partial charge in [0.25, 0.3) is 5.91 Å². The van der Waals surface area contributed by atoms with Crippen LogP contribution in [0.15, 0.2) is 24.3 Å². The van der Waals surface area contributed by atoms with Gasteiger partial charge in [0.1, 0.15) is 0 Å². The molecule has 118 valence electrons. The number of hydrogen-bond donors (Lipinski definition) is 1. The van der Waals surface area contributed by atoms with Gasteiger partial charge in [0.15, 0.2) is 0 Å². The Morgan fingerprint density at radius 1 is 1.05 bits per heavy atom. The Bertz CT molecular complexity index is 409. The number of amides is 1. The fourth-order valence-corrected chi connectivity index (χ4v) is 2.41. The lowest BCUT2D eigenvalue weighted by molar-refractivity contribution is 0.0956. The van der Waals surface area contributed by atoms with Crippen LogP contribution in [0.3, 0.4) is 0 Å². The van der Waals surface area contributed by atoms with E-state index in [2.05, 4.69) is 22.0 Å². The standard InChI is InChI=1S/C15H23N3O.C2H6/c1-3-16-15(19)13-5-7-14(8-6-13)18-11-9-17(4-2)10-12-18;1-2/h5-8H,3-4,9-12H2,1-2H3,(H,16,19);1-2H3. The van der Waals surface area contributed by atoms with E-state index >= 15 is 0 Å². The fraction of sp³-hybridized carbons (Fsp3) is 0.588. The third-order valence-electron chi connectivity index (χ3n) is 3.65. The van der Waals surface area contributed by atoms with E-state index in [-0.39, 0.29) is 5.91 Å². The first-order valence-electron chi connectivity index (χ1n) is 8.10. The number of carbonyl (C=O) groups excluding carboxylic acids is 1. The predicted molar refractivity (Wildman–Crippen MR) is 90.1 cm³/mol. The van der Waals surface area contributed by atoms with Gasteiger partial charge in [0.05, 0.1) is 0 Å². The molecule has 0 saturated carbocycles. The average molecular weight is 291 g/mol. The van der Waals surface area contributed by atoms with E-state index in [1.54, 1.807) is 0 Å². The molecule has 1 heterocycles. The van der Waals surface area contributed by atoms with Crippen molar-refractivity contribution < 1.29 is 4.79 Å². The molecule has 0 aromatic heterocycles. The molecular formula is C17H29N3O. The van der Waals surface area contributed by atoms with Crippen LogP contribution in [-0.2, 0) is 0 Å². The molecule has 0 unspecified atom stereocenters. The van der Waals surface area contributed by atoms with Crippen LogP contribution >= 0.6 is 0 Å². The fourth-order valence-electron chi connectivity index (χ4n) is 2.41. The summed E-state index contributed by atoms with van der Waals surface area (Å²) < 4.78 is 0. The molecule has 21 heavy (non-hydrogen) atoms. The van der Waals surface area contributed by atoms with Crippen molar-refractivity contribution in [2.24, 2.45) is 0 Å². The Kier molecular flexibility index (Phi) is 7.83. The van der Waals surface area contributed by atoms with Gasteiger partial charge in [-0.3, -0.25) is 4.79 Å².